The highest BCUT2D eigenvalue weighted by Gasteiger charge is 2.42. The van der Waals surface area contributed by atoms with Crippen LogP contribution in [-0.2, 0) is 16.1 Å². The summed E-state index contributed by atoms with van der Waals surface area (Å²) in [6.45, 7) is 1.47. The fraction of sp³-hybridized carbons (Fsp3) is 0.238. The first-order valence-corrected chi connectivity index (χ1v) is 9.69. The van der Waals surface area contributed by atoms with Crippen LogP contribution in [0.25, 0.3) is 5.57 Å². The van der Waals surface area contributed by atoms with Gasteiger partial charge in [0.2, 0.25) is 0 Å². The topological polar surface area (TPSA) is 83.8 Å². The summed E-state index contributed by atoms with van der Waals surface area (Å²) in [7, 11) is 0. The summed E-state index contributed by atoms with van der Waals surface area (Å²) in [5.74, 6) is -0.768. The number of nitro benzene ring substituents is 1. The van der Waals surface area contributed by atoms with E-state index in [0.717, 1.165) is 12.8 Å². The van der Waals surface area contributed by atoms with Crippen molar-refractivity contribution in [2.75, 3.05) is 13.1 Å². The smallest absolute Gasteiger partial charge is 0.278 e. The van der Waals surface area contributed by atoms with Gasteiger partial charge in [-0.2, -0.15) is 0 Å². The summed E-state index contributed by atoms with van der Waals surface area (Å²) in [5.41, 5.74) is 1.77. The van der Waals surface area contributed by atoms with E-state index in [1.807, 2.05) is 4.90 Å². The van der Waals surface area contributed by atoms with Crippen molar-refractivity contribution in [2.45, 2.75) is 19.4 Å². The van der Waals surface area contributed by atoms with Gasteiger partial charge in [-0.05, 0) is 42.2 Å². The third-order valence-corrected chi connectivity index (χ3v) is 5.59. The van der Waals surface area contributed by atoms with E-state index in [9.17, 15) is 19.7 Å². The molecule has 1 saturated heterocycles. The molecule has 0 N–H and O–H groups in total. The summed E-state index contributed by atoms with van der Waals surface area (Å²) in [6, 6.07) is 12.8. The van der Waals surface area contributed by atoms with Crippen LogP contribution in [0, 0.1) is 10.1 Å². The van der Waals surface area contributed by atoms with E-state index in [-0.39, 0.29) is 18.1 Å². The first-order valence-electron chi connectivity index (χ1n) is 9.31. The van der Waals surface area contributed by atoms with Crippen LogP contribution >= 0.6 is 11.6 Å². The summed E-state index contributed by atoms with van der Waals surface area (Å²) in [5, 5.41) is 11.4. The number of hydrogen-bond donors (Lipinski definition) is 0. The van der Waals surface area contributed by atoms with Gasteiger partial charge in [0.15, 0.2) is 0 Å². The molecule has 0 radical (unpaired) electrons. The Morgan fingerprint density at radius 1 is 0.966 bits per heavy atom. The van der Waals surface area contributed by atoms with Gasteiger partial charge in [-0.3, -0.25) is 24.6 Å². The van der Waals surface area contributed by atoms with Crippen LogP contribution in [0.15, 0.2) is 54.2 Å². The van der Waals surface area contributed by atoms with Crippen molar-refractivity contribution in [1.29, 1.82) is 0 Å². The van der Waals surface area contributed by atoms with Gasteiger partial charge in [0.25, 0.3) is 17.5 Å². The number of imide groups is 1. The second-order valence-electron chi connectivity index (χ2n) is 7.01. The van der Waals surface area contributed by atoms with Gasteiger partial charge in [0.1, 0.15) is 5.70 Å². The Morgan fingerprint density at radius 2 is 1.62 bits per heavy atom. The third-order valence-electron chi connectivity index (χ3n) is 5.22. The van der Waals surface area contributed by atoms with E-state index in [1.165, 1.54) is 29.2 Å². The monoisotopic (exact) mass is 411 g/mol. The molecule has 0 unspecified atom stereocenters. The van der Waals surface area contributed by atoms with Crippen molar-refractivity contribution in [1.82, 2.24) is 9.80 Å². The molecule has 7 nitrogen and oxygen atoms in total. The van der Waals surface area contributed by atoms with Crippen molar-refractivity contribution in [3.05, 3.63) is 80.5 Å². The van der Waals surface area contributed by atoms with Crippen molar-refractivity contribution < 1.29 is 14.5 Å². The van der Waals surface area contributed by atoms with Gasteiger partial charge in [-0.15, -0.1) is 0 Å². The molecule has 0 aliphatic carbocycles. The molecule has 0 saturated carbocycles. The van der Waals surface area contributed by atoms with Crippen LogP contribution in [0.2, 0.25) is 5.02 Å². The maximum Gasteiger partial charge on any atom is 0.278 e. The minimum absolute atomic E-state index is 0.0678. The number of benzene rings is 2. The summed E-state index contributed by atoms with van der Waals surface area (Å²) in [6.07, 6.45) is 1.89. The molecule has 8 heteroatoms. The number of carbonyl (C=O) groups excluding carboxylic acids is 2. The molecule has 0 bridgehead atoms. The van der Waals surface area contributed by atoms with Crippen molar-refractivity contribution >= 4 is 34.7 Å². The summed E-state index contributed by atoms with van der Waals surface area (Å²) >= 11 is 6.22. The largest absolute Gasteiger partial charge is 0.366 e. The lowest BCUT2D eigenvalue weighted by Crippen LogP contribution is -2.34. The normalized spacial score (nSPS) is 16.9. The molecule has 2 aliphatic heterocycles. The highest BCUT2D eigenvalue weighted by molar-refractivity contribution is 6.35. The number of nitro groups is 1. The Balaban J connectivity index is 1.74. The third kappa shape index (κ3) is 3.49. The van der Waals surface area contributed by atoms with Crippen LogP contribution in [0.1, 0.15) is 24.0 Å². The van der Waals surface area contributed by atoms with E-state index in [4.69, 9.17) is 11.6 Å². The number of amides is 2. The van der Waals surface area contributed by atoms with Gasteiger partial charge >= 0.3 is 0 Å². The number of likely N-dealkylation sites (tertiary alicyclic amines) is 1. The van der Waals surface area contributed by atoms with E-state index >= 15 is 0 Å². The van der Waals surface area contributed by atoms with E-state index in [1.54, 1.807) is 24.3 Å². The number of carbonyl (C=O) groups is 2. The number of nitrogens with zero attached hydrogens (tertiary/aromatic N) is 3. The zero-order valence-electron chi connectivity index (χ0n) is 15.5. The predicted molar refractivity (Wildman–Crippen MR) is 108 cm³/mol. The number of hydrogen-bond acceptors (Lipinski definition) is 5. The zero-order valence-corrected chi connectivity index (χ0v) is 16.3. The lowest BCUT2D eigenvalue weighted by molar-refractivity contribution is -0.384. The number of non-ortho nitro benzene ring substituents is 1. The number of rotatable bonds is 5. The zero-order chi connectivity index (χ0) is 20.5. The fourth-order valence-corrected chi connectivity index (χ4v) is 3.94. The second-order valence-corrected chi connectivity index (χ2v) is 7.42. The molecule has 0 spiro atoms. The Kier molecular flexibility index (Phi) is 5.07. The molecule has 0 atom stereocenters. The molecule has 2 aliphatic rings. The molecule has 148 valence electrons. The van der Waals surface area contributed by atoms with Crippen LogP contribution < -0.4 is 0 Å². The first kappa shape index (κ1) is 19.1. The van der Waals surface area contributed by atoms with Crippen LogP contribution in [0.3, 0.4) is 0 Å². The summed E-state index contributed by atoms with van der Waals surface area (Å²) in [4.78, 5) is 40.1. The Bertz CT molecular complexity index is 1030. The molecule has 2 aromatic rings. The van der Waals surface area contributed by atoms with Gasteiger partial charge in [0, 0.05) is 30.2 Å². The second kappa shape index (κ2) is 7.67. The molecule has 2 amide bonds. The van der Waals surface area contributed by atoms with E-state index < -0.39 is 10.8 Å². The minimum Gasteiger partial charge on any atom is -0.366 e. The van der Waals surface area contributed by atoms with Crippen molar-refractivity contribution in [3.8, 4) is 0 Å². The van der Waals surface area contributed by atoms with Gasteiger partial charge in [-0.1, -0.05) is 29.8 Å². The Morgan fingerprint density at radius 3 is 2.24 bits per heavy atom. The van der Waals surface area contributed by atoms with E-state index in [0.29, 0.717) is 40.5 Å². The quantitative estimate of drug-likeness (QED) is 0.426. The molecular weight excluding hydrogens is 394 g/mol. The fourth-order valence-electron chi connectivity index (χ4n) is 3.75. The van der Waals surface area contributed by atoms with Crippen molar-refractivity contribution in [2.24, 2.45) is 0 Å². The average Bonchev–Trinajstić information content (AvgIpc) is 3.32. The predicted octanol–water partition coefficient (Wildman–Crippen LogP) is 3.62. The maximum atomic E-state index is 13.3. The van der Waals surface area contributed by atoms with Gasteiger partial charge < -0.3 is 4.90 Å². The van der Waals surface area contributed by atoms with Gasteiger partial charge in [-0.25, -0.2) is 0 Å². The van der Waals surface area contributed by atoms with E-state index in [2.05, 4.69) is 0 Å². The summed E-state index contributed by atoms with van der Waals surface area (Å²) < 4.78 is 0. The highest BCUT2D eigenvalue weighted by atomic mass is 35.5. The standard InChI is InChI=1S/C21H18ClN3O4/c22-17-6-2-1-5-15(17)13-24-20(26)18(14-7-9-16(10-8-14)25(28)29)19(21(24)27)23-11-3-4-12-23/h1-2,5-10H,3-4,11-13H2. The van der Waals surface area contributed by atoms with Crippen LogP contribution in [-0.4, -0.2) is 39.6 Å². The molecule has 2 aromatic carbocycles. The maximum absolute atomic E-state index is 13.3. The SMILES string of the molecule is O=C1C(c2ccc([N+](=O)[O-])cc2)=C(N2CCCC2)C(=O)N1Cc1ccccc1Cl. The molecule has 1 fully saturated rings. The minimum atomic E-state index is -0.495. The molecular formula is C21H18ClN3O4. The molecule has 29 heavy (non-hydrogen) atoms. The lowest BCUT2D eigenvalue weighted by atomic mass is 10.0. The first-order chi connectivity index (χ1) is 14.0. The van der Waals surface area contributed by atoms with Crippen molar-refractivity contribution in [3.63, 3.8) is 0 Å². The molecule has 2 heterocycles. The Labute approximate surface area is 172 Å². The molecule has 4 rings (SSSR count). The molecule has 0 aromatic heterocycles. The average molecular weight is 412 g/mol. The van der Waals surface area contributed by atoms with Crippen LogP contribution in [0.4, 0.5) is 5.69 Å². The lowest BCUT2D eigenvalue weighted by Gasteiger charge is -2.20. The van der Waals surface area contributed by atoms with Crippen LogP contribution in [0.5, 0.6) is 0 Å². The number of halogens is 1. The van der Waals surface area contributed by atoms with Gasteiger partial charge in [0.05, 0.1) is 17.0 Å². The highest BCUT2D eigenvalue weighted by Crippen LogP contribution is 2.35. The Hall–Kier alpha value is -3.19.